The van der Waals surface area contributed by atoms with Crippen LogP contribution in [0.4, 0.5) is 0 Å². The van der Waals surface area contributed by atoms with Gasteiger partial charge in [-0.05, 0) is 38.1 Å². The normalized spacial score (nSPS) is 11.3. The Bertz CT molecular complexity index is 1780. The molecule has 0 bridgehead atoms. The molecule has 5 nitrogen and oxygen atoms in total. The summed E-state index contributed by atoms with van der Waals surface area (Å²) >= 11 is 0. The molecule has 2 heterocycles. The van der Waals surface area contributed by atoms with Crippen molar-refractivity contribution in [1.82, 2.24) is 4.98 Å². The summed E-state index contributed by atoms with van der Waals surface area (Å²) in [6.45, 7) is 2.85. The van der Waals surface area contributed by atoms with Gasteiger partial charge in [0.25, 0.3) is 0 Å². The van der Waals surface area contributed by atoms with Crippen LogP contribution in [0.25, 0.3) is 54.9 Å². The maximum atomic E-state index is 10.0. The number of nitrogens with zero attached hydrogens (tertiary/aromatic N) is 1. The number of hydrogen-bond donors (Lipinski definition) is 1. The number of aliphatic hydroxyl groups excluding tert-OH is 1. The van der Waals surface area contributed by atoms with Crippen molar-refractivity contribution in [2.45, 2.75) is 13.8 Å². The number of furan rings is 1. The Labute approximate surface area is 227 Å². The van der Waals surface area contributed by atoms with Gasteiger partial charge in [-0.3, -0.25) is 9.78 Å². The Morgan fingerprint density at radius 3 is 2.41 bits per heavy atom. The zero-order valence-electron chi connectivity index (χ0n) is 20.5. The van der Waals surface area contributed by atoms with E-state index >= 15 is 0 Å². The van der Waals surface area contributed by atoms with E-state index in [1.165, 1.54) is 19.9 Å². The van der Waals surface area contributed by atoms with Crippen molar-refractivity contribution >= 4 is 49.4 Å². The van der Waals surface area contributed by atoms with Gasteiger partial charge in [-0.2, -0.15) is 0 Å². The van der Waals surface area contributed by atoms with Crippen molar-refractivity contribution in [2.24, 2.45) is 0 Å². The predicted molar refractivity (Wildman–Crippen MR) is 144 cm³/mol. The Hall–Kier alpha value is -3.99. The zero-order valence-corrected chi connectivity index (χ0v) is 22.9. The molecule has 0 fully saturated rings. The zero-order chi connectivity index (χ0) is 25.2. The van der Waals surface area contributed by atoms with E-state index in [1.54, 1.807) is 7.11 Å². The number of methoxy groups -OCH3 is 1. The standard InChI is InChI=1S/C26H16NO2.C5H8O2.Ir/c1-28-17-13-14-22-21(15-17)24-20-10-4-5-12-23(20)29-26(24)25(27-22)19-11-6-8-16-7-2-3-9-18(16)19;1-4(6)3-5(2)7;/h2-10,12-15H,1H3;3,6H,1-2H3;/q-1;;/b;4-3-;. The van der Waals surface area contributed by atoms with E-state index < -0.39 is 0 Å². The molecule has 0 saturated carbocycles. The molecule has 1 N–H and O–H groups in total. The first-order valence-electron chi connectivity index (χ1n) is 11.5. The quantitative estimate of drug-likeness (QED) is 0.119. The molecule has 0 aliphatic heterocycles. The molecule has 6 heteroatoms. The van der Waals surface area contributed by atoms with Crippen LogP contribution >= 0.6 is 0 Å². The second-order valence-corrected chi connectivity index (χ2v) is 8.48. The number of ether oxygens (including phenoxy) is 1. The van der Waals surface area contributed by atoms with Gasteiger partial charge in [0.1, 0.15) is 16.9 Å². The molecule has 0 spiro atoms. The summed E-state index contributed by atoms with van der Waals surface area (Å²) < 4.78 is 11.8. The van der Waals surface area contributed by atoms with Crippen LogP contribution in [0.5, 0.6) is 5.75 Å². The van der Waals surface area contributed by atoms with E-state index in [4.69, 9.17) is 19.2 Å². The fraction of sp³-hybridized carbons (Fsp3) is 0.0968. The SMILES string of the molecule is CC(=O)/C=C(/C)O.COc1ccc2nc(-c3[c-]ccc4ccccc34)c3oc4ccccc4c3c2c1.[Ir]. The van der Waals surface area contributed by atoms with Crippen LogP contribution in [-0.2, 0) is 24.9 Å². The number of ketones is 1. The molecule has 0 aliphatic carbocycles. The number of hydrogen-bond acceptors (Lipinski definition) is 5. The first kappa shape index (κ1) is 26.1. The number of carbonyl (C=O) groups excluding carboxylic acids is 1. The third-order valence-electron chi connectivity index (χ3n) is 5.89. The number of fused-ring (bicyclic) bond motifs is 6. The molecule has 6 aromatic rings. The fourth-order valence-electron chi connectivity index (χ4n) is 4.41. The van der Waals surface area contributed by atoms with Crippen LogP contribution in [0.3, 0.4) is 0 Å². The van der Waals surface area contributed by atoms with Gasteiger partial charge in [0.05, 0.1) is 18.4 Å². The van der Waals surface area contributed by atoms with Gasteiger partial charge in [-0.25, -0.2) is 0 Å². The van der Waals surface area contributed by atoms with Crippen LogP contribution in [0, 0.1) is 6.07 Å². The number of benzene rings is 4. The minimum absolute atomic E-state index is 0. The van der Waals surface area contributed by atoms with Crippen LogP contribution in [-0.4, -0.2) is 23.0 Å². The molecule has 0 atom stereocenters. The molecule has 0 aliphatic rings. The number of aromatic nitrogens is 1. The van der Waals surface area contributed by atoms with Crippen LogP contribution in [0.1, 0.15) is 13.8 Å². The van der Waals surface area contributed by atoms with Gasteiger partial charge in [-0.15, -0.1) is 29.1 Å². The van der Waals surface area contributed by atoms with Gasteiger partial charge in [0.2, 0.25) is 0 Å². The monoisotopic (exact) mass is 667 g/mol. The Balaban J connectivity index is 0.000000356. The van der Waals surface area contributed by atoms with Crippen molar-refractivity contribution < 1.29 is 39.2 Å². The maximum absolute atomic E-state index is 10.0. The average molecular weight is 667 g/mol. The van der Waals surface area contributed by atoms with Crippen molar-refractivity contribution in [1.29, 1.82) is 0 Å². The summed E-state index contributed by atoms with van der Waals surface area (Å²) in [4.78, 5) is 15.0. The van der Waals surface area contributed by atoms with Crippen molar-refractivity contribution in [3.05, 3.63) is 96.8 Å². The molecule has 6 rings (SSSR count). The summed E-state index contributed by atoms with van der Waals surface area (Å²) in [7, 11) is 1.68. The molecule has 0 unspecified atom stereocenters. The molecule has 0 amide bonds. The third-order valence-corrected chi connectivity index (χ3v) is 5.89. The Morgan fingerprint density at radius 1 is 0.973 bits per heavy atom. The van der Waals surface area contributed by atoms with E-state index in [-0.39, 0.29) is 31.6 Å². The van der Waals surface area contributed by atoms with Crippen LogP contribution in [0.15, 0.2) is 95.1 Å². The number of allylic oxidation sites excluding steroid dienone is 2. The predicted octanol–water partition coefficient (Wildman–Crippen LogP) is 7.80. The molecular formula is C31H24IrNO4-. The topological polar surface area (TPSA) is 72.6 Å². The second kappa shape index (κ2) is 11.0. The van der Waals surface area contributed by atoms with E-state index in [2.05, 4.69) is 30.3 Å². The molecule has 4 aromatic carbocycles. The molecular weight excluding hydrogens is 643 g/mol. The van der Waals surface area contributed by atoms with Crippen LogP contribution in [0.2, 0.25) is 0 Å². The maximum Gasteiger partial charge on any atom is 0.155 e. The van der Waals surface area contributed by atoms with E-state index in [0.717, 1.165) is 60.6 Å². The summed E-state index contributed by atoms with van der Waals surface area (Å²) in [5.74, 6) is 0.739. The van der Waals surface area contributed by atoms with Gasteiger partial charge in [0, 0.05) is 48.0 Å². The van der Waals surface area contributed by atoms with E-state index in [0.29, 0.717) is 0 Å². The molecule has 2 aromatic heterocycles. The number of aliphatic hydroxyl groups is 1. The number of pyridine rings is 1. The van der Waals surface area contributed by atoms with E-state index in [1.807, 2.05) is 54.6 Å². The number of rotatable bonds is 3. The van der Waals surface area contributed by atoms with Gasteiger partial charge in [0.15, 0.2) is 5.78 Å². The second-order valence-electron chi connectivity index (χ2n) is 8.48. The number of carbonyl (C=O) groups is 1. The van der Waals surface area contributed by atoms with Crippen molar-refractivity contribution in [3.63, 3.8) is 0 Å². The number of para-hydroxylation sites is 1. The minimum Gasteiger partial charge on any atom is -0.512 e. The van der Waals surface area contributed by atoms with E-state index in [9.17, 15) is 4.79 Å². The average Bonchev–Trinajstić information content (AvgIpc) is 3.27. The molecule has 1 radical (unpaired) electrons. The summed E-state index contributed by atoms with van der Waals surface area (Å²) in [6.07, 6.45) is 1.17. The smallest absolute Gasteiger partial charge is 0.155 e. The van der Waals surface area contributed by atoms with Crippen LogP contribution < -0.4 is 4.74 Å². The van der Waals surface area contributed by atoms with Crippen molar-refractivity contribution in [2.75, 3.05) is 7.11 Å². The van der Waals surface area contributed by atoms with Gasteiger partial charge < -0.3 is 14.3 Å². The van der Waals surface area contributed by atoms with Crippen molar-refractivity contribution in [3.8, 4) is 17.0 Å². The summed E-state index contributed by atoms with van der Waals surface area (Å²) in [6, 6.07) is 29.8. The first-order chi connectivity index (χ1) is 17.5. The van der Waals surface area contributed by atoms with Gasteiger partial charge in [-0.1, -0.05) is 47.9 Å². The van der Waals surface area contributed by atoms with Gasteiger partial charge >= 0.3 is 0 Å². The Morgan fingerprint density at radius 2 is 1.70 bits per heavy atom. The Kier molecular flexibility index (Phi) is 7.72. The first-order valence-corrected chi connectivity index (χ1v) is 11.5. The molecule has 0 saturated heterocycles. The largest absolute Gasteiger partial charge is 0.512 e. The third kappa shape index (κ3) is 5.12. The summed E-state index contributed by atoms with van der Waals surface area (Å²) in [5.41, 5.74) is 4.29. The molecule has 37 heavy (non-hydrogen) atoms. The summed E-state index contributed by atoms with van der Waals surface area (Å²) in [5, 5.41) is 13.8. The molecule has 187 valence electrons. The minimum atomic E-state index is -0.125. The fourth-order valence-corrected chi connectivity index (χ4v) is 4.41.